The average Bonchev–Trinajstić information content (AvgIpc) is 1.31. The van der Waals surface area contributed by atoms with E-state index in [1.165, 1.54) is 24.3 Å². The molecule has 0 bridgehead atoms. The Morgan fingerprint density at radius 2 is 0.534 bits per heavy atom. The molecule has 0 saturated heterocycles. The van der Waals surface area contributed by atoms with Crippen molar-refractivity contribution in [2.45, 2.75) is 0 Å². The zero-order valence-corrected chi connectivity index (χ0v) is 49.5. The molecule has 0 atom stereocenters. The Labute approximate surface area is 509 Å². The Hall–Kier alpha value is -10.7. The van der Waals surface area contributed by atoms with Crippen LogP contribution < -0.4 is 27.1 Å². The van der Waals surface area contributed by atoms with Crippen LogP contribution in [0.2, 0.25) is 0 Å². The summed E-state index contributed by atoms with van der Waals surface area (Å²) in [6.45, 7) is 0. The van der Waals surface area contributed by atoms with E-state index in [0.29, 0.717) is 44.9 Å². The summed E-state index contributed by atoms with van der Waals surface area (Å²) in [6, 6.07) is 78.3. The second kappa shape index (κ2) is 26.3. The second-order valence-electron chi connectivity index (χ2n) is 19.8. The summed E-state index contributed by atoms with van der Waals surface area (Å²) in [5.74, 6) is 0.303. The number of hydrogen-bond acceptors (Lipinski definition) is 13. The van der Waals surface area contributed by atoms with E-state index in [4.69, 9.17) is 40.7 Å². The summed E-state index contributed by atoms with van der Waals surface area (Å²) in [5.41, 5.74) is 6.20. The van der Waals surface area contributed by atoms with Crippen molar-refractivity contribution in [2.75, 3.05) is 0 Å². The van der Waals surface area contributed by atoms with Crippen LogP contribution in [0.25, 0.3) is 35.4 Å². The Morgan fingerprint density at radius 1 is 0.284 bits per heavy atom. The van der Waals surface area contributed by atoms with Gasteiger partial charge in [0.05, 0.1) is 0 Å². The number of carbonyl (C=O) groups excluding carboxylic acids is 4. The Balaban J connectivity index is 1.02. The van der Waals surface area contributed by atoms with Crippen molar-refractivity contribution in [1.29, 1.82) is 0 Å². The minimum atomic E-state index is -4.49. The van der Waals surface area contributed by atoms with E-state index in [-0.39, 0.29) is 46.1 Å². The molecule has 0 aromatic heterocycles. The van der Waals surface area contributed by atoms with E-state index in [1.54, 1.807) is 133 Å². The topological polar surface area (TPSA) is 161 Å². The van der Waals surface area contributed by atoms with Crippen molar-refractivity contribution in [3.63, 3.8) is 0 Å². The first-order valence-electron chi connectivity index (χ1n) is 27.8. The van der Waals surface area contributed by atoms with Gasteiger partial charge in [-0.2, -0.15) is 0 Å². The number of ketones is 4. The van der Waals surface area contributed by atoms with Crippen LogP contribution >= 0.6 is 23.0 Å². The fraction of sp³-hybridized carbons (Fsp3) is 0. The summed E-state index contributed by atoms with van der Waals surface area (Å²) in [4.78, 5) is 54.6. The highest BCUT2D eigenvalue weighted by Crippen LogP contribution is 2.79. The molecule has 12 rings (SSSR count). The van der Waals surface area contributed by atoms with Crippen LogP contribution in [0.15, 0.2) is 305 Å². The van der Waals surface area contributed by atoms with Gasteiger partial charge in [0.1, 0.15) is 34.5 Å². The van der Waals surface area contributed by atoms with Crippen molar-refractivity contribution in [1.82, 2.24) is 0 Å². The predicted molar refractivity (Wildman–Crippen MR) is 349 cm³/mol. The number of fused-ring (bicyclic) bond motifs is 3. The van der Waals surface area contributed by atoms with Crippen LogP contribution in [-0.2, 0) is 0 Å². The molecule has 0 amide bonds. The van der Waals surface area contributed by atoms with E-state index in [0.717, 1.165) is 22.3 Å². The monoisotopic (exact) mass is 1210 g/mol. The fourth-order valence-electron chi connectivity index (χ4n) is 9.15. The molecule has 16 heteroatoms. The third-order valence-electron chi connectivity index (χ3n) is 13.5. The number of hydrogen-bond donors (Lipinski definition) is 0. The van der Waals surface area contributed by atoms with E-state index >= 15 is 0 Å². The van der Waals surface area contributed by atoms with Gasteiger partial charge in [-0.15, -0.1) is 0 Å². The van der Waals surface area contributed by atoms with Gasteiger partial charge in [-0.3, -0.25) is 19.2 Å². The number of allylic oxidation sites excluding steroid dienone is 4. The van der Waals surface area contributed by atoms with Crippen molar-refractivity contribution in [3.05, 3.63) is 336 Å². The van der Waals surface area contributed by atoms with Crippen LogP contribution in [0, 0.1) is 0 Å². The lowest BCUT2D eigenvalue weighted by Gasteiger charge is -2.32. The van der Waals surface area contributed by atoms with Crippen molar-refractivity contribution >= 4 is 70.4 Å². The third kappa shape index (κ3) is 14.2. The molecule has 2 heterocycles. The maximum absolute atomic E-state index is 13.7. The van der Waals surface area contributed by atoms with Crippen LogP contribution in [-0.4, -0.2) is 23.1 Å². The molecule has 0 N–H and O–H groups in total. The lowest BCUT2D eigenvalue weighted by molar-refractivity contribution is 0.103. The molecule has 10 aromatic carbocycles. The summed E-state index contributed by atoms with van der Waals surface area (Å²) in [5, 5.41) is 0. The second-order valence-corrected chi connectivity index (χ2v) is 26.0. The SMILES string of the molecule is O=C(/C=C/c1ccccc1)c1ccc(OP2(Oc3ccc(C(=O)/C=C/c4ccccc4)cc3)=NP(Oc3ccc(C(=O)/C=C/c4ccccc4)cc3)(Oc3ccc(C(=O)/C=C/c4ccccc4)cc3)=NP3(=N2)Oc2ccccc2-c2ccccc2O3)cc1. The lowest BCUT2D eigenvalue weighted by atomic mass is 10.0. The van der Waals surface area contributed by atoms with Gasteiger partial charge in [0.25, 0.3) is 0 Å². The van der Waals surface area contributed by atoms with E-state index in [1.807, 2.05) is 158 Å². The number of benzene rings is 10. The van der Waals surface area contributed by atoms with Gasteiger partial charge >= 0.3 is 23.0 Å². The zero-order valence-electron chi connectivity index (χ0n) is 46.8. The van der Waals surface area contributed by atoms with E-state index in [2.05, 4.69) is 0 Å². The molecule has 2 aliphatic heterocycles. The van der Waals surface area contributed by atoms with Gasteiger partial charge in [-0.05, 0) is 156 Å². The number of para-hydroxylation sites is 2. The van der Waals surface area contributed by atoms with Gasteiger partial charge in [0.2, 0.25) is 0 Å². The number of carbonyl (C=O) groups is 4. The highest BCUT2D eigenvalue weighted by Gasteiger charge is 2.50. The first kappa shape index (κ1) is 57.7. The lowest BCUT2D eigenvalue weighted by Crippen LogP contribution is -2.11. The highest BCUT2D eigenvalue weighted by molar-refractivity contribution is 7.79. The molecule has 430 valence electrons. The van der Waals surface area contributed by atoms with Gasteiger partial charge < -0.3 is 27.1 Å². The molecule has 10 aromatic rings. The van der Waals surface area contributed by atoms with Crippen LogP contribution in [0.1, 0.15) is 63.7 Å². The smallest absolute Gasteiger partial charge is 0.413 e. The molecule has 2 aliphatic rings. The quantitative estimate of drug-likeness (QED) is 0.0408. The molecule has 1 spiro atoms. The molecule has 0 fully saturated rings. The van der Waals surface area contributed by atoms with Crippen LogP contribution in [0.3, 0.4) is 0 Å². The van der Waals surface area contributed by atoms with Gasteiger partial charge in [0, 0.05) is 33.4 Å². The number of rotatable bonds is 20. The molecule has 13 nitrogen and oxygen atoms in total. The summed E-state index contributed by atoms with van der Waals surface area (Å²) in [7, 11) is -13.3. The maximum Gasteiger partial charge on any atom is 0.460 e. The highest BCUT2D eigenvalue weighted by atomic mass is 31.3. The Morgan fingerprint density at radius 3 is 0.818 bits per heavy atom. The Kier molecular flexibility index (Phi) is 17.3. The Bertz CT molecular complexity index is 4030. The molecule has 0 aliphatic carbocycles. The fourth-order valence-corrected chi connectivity index (χ4v) is 18.3. The molecular weight excluding hydrogens is 1160 g/mol. The molecule has 0 unspecified atom stereocenters. The largest absolute Gasteiger partial charge is 0.460 e. The normalized spacial score (nSPS) is 14.2. The molecule has 0 saturated carbocycles. The first-order chi connectivity index (χ1) is 43.0. The van der Waals surface area contributed by atoms with Crippen LogP contribution in [0.4, 0.5) is 0 Å². The molecule has 0 radical (unpaired) electrons. The molecule has 88 heavy (non-hydrogen) atoms. The van der Waals surface area contributed by atoms with Gasteiger partial charge in [-0.25, -0.2) is 0 Å². The summed E-state index contributed by atoms with van der Waals surface area (Å²) in [6.07, 6.45) is 12.9. The van der Waals surface area contributed by atoms with Crippen LogP contribution in [0.5, 0.6) is 34.5 Å². The zero-order chi connectivity index (χ0) is 60.2. The maximum atomic E-state index is 13.7. The number of nitrogens with zero attached hydrogens (tertiary/aromatic N) is 3. The van der Waals surface area contributed by atoms with Gasteiger partial charge in [-0.1, -0.05) is 196 Å². The third-order valence-corrected chi connectivity index (χ3v) is 21.6. The van der Waals surface area contributed by atoms with Crippen molar-refractivity contribution in [2.24, 2.45) is 13.5 Å². The minimum Gasteiger partial charge on any atom is -0.413 e. The average molecular weight is 1210 g/mol. The standard InChI is InChI=1S/C72H52N3O10P3/c76-67(49-29-53-17-5-1-6-18-53)57-33-41-61(42-34-57)80-86(81-62-43-35-58(36-44-62)68(77)50-30-54-19-7-2-8-20-54)73-87(82-63-45-37-59(38-46-63)69(78)51-31-55-21-9-3-10-22-55,83-64-47-39-60(40-48-64)70(79)52-32-56-23-11-4-12-24-56)75-88(74-86)84-71-27-15-13-25-65(71)66-26-14-16-28-72(66)85-88/h1-52H/b49-29+,50-30+,51-31+,52-32+. The minimum absolute atomic E-state index is 0.161. The first-order valence-corrected chi connectivity index (χ1v) is 32.4. The van der Waals surface area contributed by atoms with E-state index in [9.17, 15) is 19.2 Å². The van der Waals surface area contributed by atoms with Crippen molar-refractivity contribution in [3.8, 4) is 45.6 Å². The van der Waals surface area contributed by atoms with Gasteiger partial charge in [0.15, 0.2) is 23.1 Å². The van der Waals surface area contributed by atoms with Crippen molar-refractivity contribution < 1.29 is 46.3 Å². The summed E-state index contributed by atoms with van der Waals surface area (Å²) < 4.78 is 58.7. The molecular formula is C72H52N3O10P3. The predicted octanol–water partition coefficient (Wildman–Crippen LogP) is 19.9. The summed E-state index contributed by atoms with van der Waals surface area (Å²) >= 11 is 0. The van der Waals surface area contributed by atoms with E-state index < -0.39 is 23.0 Å².